The van der Waals surface area contributed by atoms with Crippen LogP contribution >= 0.6 is 0 Å². The Morgan fingerprint density at radius 3 is 2.37 bits per heavy atom. The largest absolute Gasteiger partial charge is 0.368 e. The van der Waals surface area contributed by atoms with Crippen LogP contribution in [0.5, 0.6) is 0 Å². The first-order chi connectivity index (χ1) is 14.6. The average molecular weight is 402 g/mol. The van der Waals surface area contributed by atoms with Crippen molar-refractivity contribution >= 4 is 22.5 Å². The van der Waals surface area contributed by atoms with Crippen LogP contribution in [0, 0.1) is 19.7 Å². The standard InChI is InChI=1S/C23H23FN6/c1-16-3-4-17(2)21(13-16)30-23-20(14-27-30)22(25-15-26-23)29-11-9-28(10-12-29)19-7-5-18(24)6-8-19/h3-8,13-15H,9-12H2,1-2H3. The summed E-state index contributed by atoms with van der Waals surface area (Å²) in [4.78, 5) is 13.7. The molecule has 5 rings (SSSR count). The van der Waals surface area contributed by atoms with Gasteiger partial charge in [-0.05, 0) is 55.3 Å². The first kappa shape index (κ1) is 18.5. The van der Waals surface area contributed by atoms with E-state index in [1.54, 1.807) is 6.33 Å². The molecule has 0 spiro atoms. The van der Waals surface area contributed by atoms with E-state index in [2.05, 4.69) is 56.9 Å². The maximum atomic E-state index is 13.2. The molecule has 1 aliphatic rings. The van der Waals surface area contributed by atoms with Crippen molar-refractivity contribution in [1.82, 2.24) is 19.7 Å². The Morgan fingerprint density at radius 1 is 0.867 bits per heavy atom. The molecule has 0 aliphatic carbocycles. The van der Waals surface area contributed by atoms with Gasteiger partial charge in [0.05, 0.1) is 17.3 Å². The minimum atomic E-state index is -0.207. The van der Waals surface area contributed by atoms with E-state index in [4.69, 9.17) is 0 Å². The predicted molar refractivity (Wildman–Crippen MR) is 117 cm³/mol. The van der Waals surface area contributed by atoms with E-state index in [1.165, 1.54) is 17.7 Å². The van der Waals surface area contributed by atoms with Gasteiger partial charge in [-0.15, -0.1) is 0 Å². The lowest BCUT2D eigenvalue weighted by Gasteiger charge is -2.36. The van der Waals surface area contributed by atoms with Crippen LogP contribution in [-0.2, 0) is 0 Å². The van der Waals surface area contributed by atoms with Gasteiger partial charge in [0.25, 0.3) is 0 Å². The smallest absolute Gasteiger partial charge is 0.168 e. The number of anilines is 2. The van der Waals surface area contributed by atoms with Crippen LogP contribution in [0.25, 0.3) is 16.7 Å². The van der Waals surface area contributed by atoms with Gasteiger partial charge in [0, 0.05) is 31.9 Å². The van der Waals surface area contributed by atoms with Crippen LogP contribution in [0.3, 0.4) is 0 Å². The third-order valence-corrected chi connectivity index (χ3v) is 5.71. The Balaban J connectivity index is 1.43. The average Bonchev–Trinajstić information content (AvgIpc) is 3.20. The second-order valence-corrected chi connectivity index (χ2v) is 7.73. The van der Waals surface area contributed by atoms with E-state index < -0.39 is 0 Å². The summed E-state index contributed by atoms with van der Waals surface area (Å²) in [5.74, 6) is 0.705. The molecule has 4 aromatic rings. The maximum absolute atomic E-state index is 13.2. The molecule has 1 saturated heterocycles. The molecule has 1 fully saturated rings. The zero-order chi connectivity index (χ0) is 20.7. The van der Waals surface area contributed by atoms with Gasteiger partial charge in [-0.25, -0.2) is 19.0 Å². The molecule has 0 unspecified atom stereocenters. The number of aromatic nitrogens is 4. The van der Waals surface area contributed by atoms with E-state index in [1.807, 2.05) is 23.0 Å². The molecular formula is C23H23FN6. The normalized spacial score (nSPS) is 14.5. The number of nitrogens with zero attached hydrogens (tertiary/aromatic N) is 6. The van der Waals surface area contributed by atoms with Gasteiger partial charge in [-0.1, -0.05) is 12.1 Å². The van der Waals surface area contributed by atoms with E-state index >= 15 is 0 Å². The number of hydrogen-bond acceptors (Lipinski definition) is 5. The Hall–Kier alpha value is -3.48. The summed E-state index contributed by atoms with van der Waals surface area (Å²) in [6.45, 7) is 7.52. The van der Waals surface area contributed by atoms with Crippen LogP contribution in [0.15, 0.2) is 55.0 Å². The summed E-state index contributed by atoms with van der Waals surface area (Å²) in [5, 5.41) is 5.59. The molecule has 2 aromatic heterocycles. The fourth-order valence-corrected chi connectivity index (χ4v) is 4.04. The highest BCUT2D eigenvalue weighted by Gasteiger charge is 2.22. The molecule has 0 N–H and O–H groups in total. The number of piperazine rings is 1. The van der Waals surface area contributed by atoms with Gasteiger partial charge in [0.1, 0.15) is 18.0 Å². The van der Waals surface area contributed by atoms with E-state index in [0.29, 0.717) is 0 Å². The number of halogens is 1. The summed E-state index contributed by atoms with van der Waals surface area (Å²) in [6.07, 6.45) is 3.48. The van der Waals surface area contributed by atoms with Crippen molar-refractivity contribution in [2.24, 2.45) is 0 Å². The first-order valence-corrected chi connectivity index (χ1v) is 10.1. The van der Waals surface area contributed by atoms with Gasteiger partial charge in [0.15, 0.2) is 5.65 Å². The maximum Gasteiger partial charge on any atom is 0.168 e. The molecule has 152 valence electrons. The molecule has 30 heavy (non-hydrogen) atoms. The molecule has 0 saturated carbocycles. The number of rotatable bonds is 3. The summed E-state index contributed by atoms with van der Waals surface area (Å²) >= 11 is 0. The Morgan fingerprint density at radius 2 is 1.60 bits per heavy atom. The van der Waals surface area contributed by atoms with E-state index in [9.17, 15) is 4.39 Å². The zero-order valence-electron chi connectivity index (χ0n) is 17.1. The lowest BCUT2D eigenvalue weighted by molar-refractivity contribution is 0.624. The Bertz CT molecular complexity index is 1190. The zero-order valence-corrected chi connectivity index (χ0v) is 17.1. The van der Waals surface area contributed by atoms with Crippen LogP contribution in [-0.4, -0.2) is 45.9 Å². The van der Waals surface area contributed by atoms with Crippen LogP contribution in [0.2, 0.25) is 0 Å². The molecule has 3 heterocycles. The molecule has 1 aliphatic heterocycles. The topological polar surface area (TPSA) is 50.1 Å². The first-order valence-electron chi connectivity index (χ1n) is 10.1. The summed E-state index contributed by atoms with van der Waals surface area (Å²) < 4.78 is 15.1. The monoisotopic (exact) mass is 402 g/mol. The Kier molecular flexibility index (Phi) is 4.58. The van der Waals surface area contributed by atoms with Crippen molar-refractivity contribution in [3.05, 3.63) is 71.9 Å². The molecular weight excluding hydrogens is 379 g/mol. The second kappa shape index (κ2) is 7.40. The third-order valence-electron chi connectivity index (χ3n) is 5.71. The van der Waals surface area contributed by atoms with Crippen LogP contribution in [0.4, 0.5) is 15.9 Å². The minimum absolute atomic E-state index is 0.207. The van der Waals surface area contributed by atoms with Gasteiger partial charge in [0.2, 0.25) is 0 Å². The molecule has 6 nitrogen and oxygen atoms in total. The van der Waals surface area contributed by atoms with Crippen LogP contribution < -0.4 is 9.80 Å². The number of aryl methyl sites for hydroxylation is 2. The number of hydrogen-bond donors (Lipinski definition) is 0. The van der Waals surface area contributed by atoms with Crippen molar-refractivity contribution < 1.29 is 4.39 Å². The van der Waals surface area contributed by atoms with Gasteiger partial charge >= 0.3 is 0 Å². The van der Waals surface area contributed by atoms with Crippen molar-refractivity contribution in [2.45, 2.75) is 13.8 Å². The molecule has 0 atom stereocenters. The van der Waals surface area contributed by atoms with E-state index in [0.717, 1.165) is 60.0 Å². The second-order valence-electron chi connectivity index (χ2n) is 7.73. The third kappa shape index (κ3) is 3.26. The highest BCUT2D eigenvalue weighted by Crippen LogP contribution is 2.27. The lowest BCUT2D eigenvalue weighted by Crippen LogP contribution is -2.46. The fraction of sp³-hybridized carbons (Fsp3) is 0.261. The summed E-state index contributed by atoms with van der Waals surface area (Å²) in [7, 11) is 0. The van der Waals surface area contributed by atoms with Gasteiger partial charge < -0.3 is 9.80 Å². The molecule has 7 heteroatoms. The van der Waals surface area contributed by atoms with E-state index in [-0.39, 0.29) is 5.82 Å². The quantitative estimate of drug-likeness (QED) is 0.520. The SMILES string of the molecule is Cc1ccc(C)c(-n2ncc3c(N4CCN(c5ccc(F)cc5)CC4)ncnc32)c1. The van der Waals surface area contributed by atoms with Crippen molar-refractivity contribution in [1.29, 1.82) is 0 Å². The van der Waals surface area contributed by atoms with Crippen molar-refractivity contribution in [3.63, 3.8) is 0 Å². The van der Waals surface area contributed by atoms with Crippen molar-refractivity contribution in [3.8, 4) is 5.69 Å². The Labute approximate surface area is 174 Å². The lowest BCUT2D eigenvalue weighted by atomic mass is 10.1. The molecule has 0 radical (unpaired) electrons. The molecule has 2 aromatic carbocycles. The molecule has 0 amide bonds. The summed E-state index contributed by atoms with van der Waals surface area (Å²) in [5.41, 5.74) is 5.24. The van der Waals surface area contributed by atoms with Crippen LogP contribution in [0.1, 0.15) is 11.1 Å². The van der Waals surface area contributed by atoms with Gasteiger partial charge in [-0.2, -0.15) is 5.10 Å². The molecule has 0 bridgehead atoms. The van der Waals surface area contributed by atoms with Gasteiger partial charge in [-0.3, -0.25) is 0 Å². The summed E-state index contributed by atoms with van der Waals surface area (Å²) in [6, 6.07) is 13.0. The fourth-order valence-electron chi connectivity index (χ4n) is 4.04. The number of fused-ring (bicyclic) bond motifs is 1. The minimum Gasteiger partial charge on any atom is -0.368 e. The predicted octanol–water partition coefficient (Wildman–Crippen LogP) is 3.90. The highest BCUT2D eigenvalue weighted by molar-refractivity contribution is 5.88. The highest BCUT2D eigenvalue weighted by atomic mass is 19.1. The van der Waals surface area contributed by atoms with Crippen molar-refractivity contribution in [2.75, 3.05) is 36.0 Å². The number of benzene rings is 2.